The van der Waals surface area contributed by atoms with E-state index in [-0.39, 0.29) is 11.8 Å². The maximum atomic E-state index is 12.7. The Hall–Kier alpha value is -0.920. The molecule has 3 rings (SSSR count). The number of amides is 1. The van der Waals surface area contributed by atoms with Crippen LogP contribution in [-0.4, -0.2) is 49.7 Å². The number of carbonyl (C=O) groups excluding carboxylic acids is 1. The van der Waals surface area contributed by atoms with Gasteiger partial charge in [-0.3, -0.25) is 4.79 Å². The van der Waals surface area contributed by atoms with E-state index in [1.165, 1.54) is 4.31 Å². The molecule has 1 saturated heterocycles. The minimum atomic E-state index is -3.49. The van der Waals surface area contributed by atoms with Gasteiger partial charge in [0, 0.05) is 36.6 Å². The quantitative estimate of drug-likeness (QED) is 0.781. The molecule has 1 saturated carbocycles. The zero-order chi connectivity index (χ0) is 16.8. The van der Waals surface area contributed by atoms with Crippen LogP contribution in [0, 0.1) is 18.8 Å². The lowest BCUT2D eigenvalue weighted by Crippen LogP contribution is -2.51. The summed E-state index contributed by atoms with van der Waals surface area (Å²) >= 11 is 3.39. The van der Waals surface area contributed by atoms with Gasteiger partial charge < -0.3 is 4.90 Å². The molecule has 1 aliphatic heterocycles. The molecule has 2 fully saturated rings. The molecule has 0 spiro atoms. The minimum absolute atomic E-state index is 0.160. The molecule has 7 heteroatoms. The summed E-state index contributed by atoms with van der Waals surface area (Å²) in [7, 11) is -3.49. The van der Waals surface area contributed by atoms with Crippen LogP contribution in [-0.2, 0) is 14.8 Å². The van der Waals surface area contributed by atoms with Gasteiger partial charge in [-0.2, -0.15) is 4.31 Å². The lowest BCUT2D eigenvalue weighted by Gasteiger charge is -2.34. The number of aryl methyl sites for hydroxylation is 1. The number of carbonyl (C=O) groups is 1. The highest BCUT2D eigenvalue weighted by Crippen LogP contribution is 2.39. The molecule has 1 heterocycles. The first kappa shape index (κ1) is 16.9. The normalized spacial score (nSPS) is 25.4. The molecular formula is C16H21BrN2O3S. The van der Waals surface area contributed by atoms with E-state index in [0.717, 1.165) is 16.5 Å². The lowest BCUT2D eigenvalue weighted by atomic mass is 10.2. The molecule has 1 amide bonds. The molecular weight excluding hydrogens is 380 g/mol. The monoisotopic (exact) mass is 400 g/mol. The van der Waals surface area contributed by atoms with Crippen molar-refractivity contribution in [2.75, 3.05) is 26.2 Å². The number of halogens is 1. The molecule has 0 radical (unpaired) electrons. The summed E-state index contributed by atoms with van der Waals surface area (Å²) in [5.41, 5.74) is 0.891. The van der Waals surface area contributed by atoms with Gasteiger partial charge in [0.25, 0.3) is 0 Å². The zero-order valence-corrected chi connectivity index (χ0v) is 15.7. The predicted octanol–water partition coefficient (Wildman–Crippen LogP) is 2.25. The third kappa shape index (κ3) is 3.32. The molecule has 2 atom stereocenters. The Morgan fingerprint density at radius 2 is 1.83 bits per heavy atom. The van der Waals surface area contributed by atoms with Crippen LogP contribution in [0.25, 0.3) is 0 Å². The number of rotatable bonds is 3. The third-order valence-electron chi connectivity index (χ3n) is 4.74. The highest BCUT2D eigenvalue weighted by molar-refractivity contribution is 9.10. The van der Waals surface area contributed by atoms with Crippen LogP contribution in [0.15, 0.2) is 27.6 Å². The largest absolute Gasteiger partial charge is 0.340 e. The van der Waals surface area contributed by atoms with Gasteiger partial charge in [-0.25, -0.2) is 8.42 Å². The summed E-state index contributed by atoms with van der Waals surface area (Å²) in [4.78, 5) is 14.4. The van der Waals surface area contributed by atoms with Crippen LogP contribution in [0.4, 0.5) is 0 Å². The van der Waals surface area contributed by atoms with Gasteiger partial charge in [0.2, 0.25) is 15.9 Å². The number of nitrogens with zero attached hydrogens (tertiary/aromatic N) is 2. The first-order valence-electron chi connectivity index (χ1n) is 7.86. The highest BCUT2D eigenvalue weighted by atomic mass is 79.9. The summed E-state index contributed by atoms with van der Waals surface area (Å²) in [6, 6.07) is 5.06. The molecule has 0 unspecified atom stereocenters. The molecule has 1 aromatic rings. The van der Waals surface area contributed by atoms with E-state index in [2.05, 4.69) is 22.9 Å². The highest BCUT2D eigenvalue weighted by Gasteiger charge is 2.42. The second kappa shape index (κ2) is 6.18. The van der Waals surface area contributed by atoms with E-state index in [1.807, 2.05) is 11.8 Å². The summed E-state index contributed by atoms with van der Waals surface area (Å²) in [5, 5.41) is 0. The predicted molar refractivity (Wildman–Crippen MR) is 91.5 cm³/mol. The summed E-state index contributed by atoms with van der Waals surface area (Å²) in [5.74, 6) is 0.830. The summed E-state index contributed by atoms with van der Waals surface area (Å²) in [6.07, 6.45) is 0.968. The van der Waals surface area contributed by atoms with Gasteiger partial charge in [0.05, 0.1) is 4.90 Å². The SMILES string of the molecule is Cc1cc(S(=O)(=O)N2CCN(C(=O)[C@@H]3C[C@H]3C)CC2)ccc1Br. The van der Waals surface area contributed by atoms with Gasteiger partial charge in [0.1, 0.15) is 0 Å². The van der Waals surface area contributed by atoms with E-state index < -0.39 is 10.0 Å². The molecule has 23 heavy (non-hydrogen) atoms. The second-order valence-electron chi connectivity index (χ2n) is 6.46. The first-order valence-corrected chi connectivity index (χ1v) is 10.1. The van der Waals surface area contributed by atoms with Crippen molar-refractivity contribution in [2.45, 2.75) is 25.2 Å². The minimum Gasteiger partial charge on any atom is -0.340 e. The van der Waals surface area contributed by atoms with Gasteiger partial charge >= 0.3 is 0 Å². The van der Waals surface area contributed by atoms with Crippen molar-refractivity contribution in [2.24, 2.45) is 11.8 Å². The molecule has 5 nitrogen and oxygen atoms in total. The molecule has 2 aliphatic rings. The molecule has 1 aromatic carbocycles. The molecule has 0 bridgehead atoms. The van der Waals surface area contributed by atoms with E-state index in [4.69, 9.17) is 0 Å². The number of hydrogen-bond acceptors (Lipinski definition) is 3. The Morgan fingerprint density at radius 1 is 1.22 bits per heavy atom. The molecule has 1 aliphatic carbocycles. The average molecular weight is 401 g/mol. The molecule has 0 aromatic heterocycles. The Labute approximate surface area is 145 Å². The maximum Gasteiger partial charge on any atom is 0.243 e. The zero-order valence-electron chi connectivity index (χ0n) is 13.3. The van der Waals surface area contributed by atoms with E-state index in [0.29, 0.717) is 37.0 Å². The van der Waals surface area contributed by atoms with E-state index in [9.17, 15) is 13.2 Å². The van der Waals surface area contributed by atoms with E-state index in [1.54, 1.807) is 18.2 Å². The topological polar surface area (TPSA) is 57.7 Å². The van der Waals surface area contributed by atoms with Crippen molar-refractivity contribution < 1.29 is 13.2 Å². The number of benzene rings is 1. The van der Waals surface area contributed by atoms with Crippen LogP contribution in [0.5, 0.6) is 0 Å². The van der Waals surface area contributed by atoms with E-state index >= 15 is 0 Å². The Morgan fingerprint density at radius 3 is 2.35 bits per heavy atom. The molecule has 0 N–H and O–H groups in total. The molecule has 126 valence electrons. The van der Waals surface area contributed by atoms with Crippen molar-refractivity contribution in [1.29, 1.82) is 0 Å². The Balaban J connectivity index is 1.68. The fraction of sp³-hybridized carbons (Fsp3) is 0.562. The van der Waals surface area contributed by atoms with Gasteiger partial charge in [-0.05, 0) is 43.0 Å². The van der Waals surface area contributed by atoms with Gasteiger partial charge in [-0.1, -0.05) is 22.9 Å². The first-order chi connectivity index (χ1) is 10.8. The van der Waals surface area contributed by atoms with Crippen molar-refractivity contribution >= 4 is 31.9 Å². The van der Waals surface area contributed by atoms with Crippen molar-refractivity contribution in [1.82, 2.24) is 9.21 Å². The van der Waals surface area contributed by atoms with Crippen molar-refractivity contribution in [3.63, 3.8) is 0 Å². The van der Waals surface area contributed by atoms with Gasteiger partial charge in [0.15, 0.2) is 0 Å². The summed E-state index contributed by atoms with van der Waals surface area (Å²) in [6.45, 7) is 5.65. The van der Waals surface area contributed by atoms with Crippen LogP contribution in [0.3, 0.4) is 0 Å². The Bertz CT molecular complexity index is 727. The van der Waals surface area contributed by atoms with Crippen LogP contribution in [0.2, 0.25) is 0 Å². The fourth-order valence-electron chi connectivity index (χ4n) is 2.98. The fourth-order valence-corrected chi connectivity index (χ4v) is 4.73. The van der Waals surface area contributed by atoms with Crippen LogP contribution in [0.1, 0.15) is 18.9 Å². The maximum absolute atomic E-state index is 12.7. The Kier molecular flexibility index (Phi) is 4.55. The van der Waals surface area contributed by atoms with Crippen LogP contribution < -0.4 is 0 Å². The third-order valence-corrected chi connectivity index (χ3v) is 7.53. The van der Waals surface area contributed by atoms with Crippen molar-refractivity contribution in [3.05, 3.63) is 28.2 Å². The smallest absolute Gasteiger partial charge is 0.243 e. The number of hydrogen-bond donors (Lipinski definition) is 0. The second-order valence-corrected chi connectivity index (χ2v) is 9.25. The number of piperazine rings is 1. The van der Waals surface area contributed by atoms with Gasteiger partial charge in [-0.15, -0.1) is 0 Å². The average Bonchev–Trinajstić information content (AvgIpc) is 3.26. The lowest BCUT2D eigenvalue weighted by molar-refractivity contribution is -0.134. The number of sulfonamides is 1. The standard InChI is InChI=1S/C16H21BrN2O3S/c1-11-10-14(11)16(20)18-5-7-19(8-6-18)23(21,22)13-3-4-15(17)12(2)9-13/h3-4,9,11,14H,5-8,10H2,1-2H3/t11-,14-/m1/s1. The summed E-state index contributed by atoms with van der Waals surface area (Å²) < 4.78 is 27.8. The van der Waals surface area contributed by atoms with Crippen molar-refractivity contribution in [3.8, 4) is 0 Å². The van der Waals surface area contributed by atoms with Crippen LogP contribution >= 0.6 is 15.9 Å².